The Morgan fingerprint density at radius 2 is 2.00 bits per heavy atom. The zero-order valence-corrected chi connectivity index (χ0v) is 12.1. The van der Waals surface area contributed by atoms with Gasteiger partial charge >= 0.3 is 0 Å². The van der Waals surface area contributed by atoms with Gasteiger partial charge in [-0.25, -0.2) is 0 Å². The summed E-state index contributed by atoms with van der Waals surface area (Å²) in [7, 11) is 0. The monoisotopic (exact) mass is 321 g/mol. The van der Waals surface area contributed by atoms with Crippen LogP contribution in [0.25, 0.3) is 0 Å². The maximum atomic E-state index is 11.0. The summed E-state index contributed by atoms with van der Waals surface area (Å²) < 4.78 is 0. The molecule has 0 saturated carbocycles. The second-order valence-corrected chi connectivity index (χ2v) is 4.97. The lowest BCUT2D eigenvalue weighted by Gasteiger charge is -2.10. The van der Waals surface area contributed by atoms with Gasteiger partial charge < -0.3 is 5.32 Å². The Morgan fingerprint density at radius 3 is 2.67 bits per heavy atom. The molecule has 2 aromatic rings. The average molecular weight is 322 g/mol. The SMILES string of the molecule is N#Cc1ccc(Cl)c(NCc2c(Cl)cccc2[N+](=O)[O-])c1. The third-order valence-electron chi connectivity index (χ3n) is 2.84. The largest absolute Gasteiger partial charge is 0.379 e. The van der Waals surface area contributed by atoms with Gasteiger partial charge in [-0.1, -0.05) is 29.3 Å². The Hall–Kier alpha value is -2.29. The minimum absolute atomic E-state index is 0.0671. The van der Waals surface area contributed by atoms with Crippen molar-refractivity contribution in [1.29, 1.82) is 5.26 Å². The van der Waals surface area contributed by atoms with Crippen molar-refractivity contribution in [3.63, 3.8) is 0 Å². The number of rotatable bonds is 4. The van der Waals surface area contributed by atoms with E-state index in [9.17, 15) is 10.1 Å². The molecular weight excluding hydrogens is 313 g/mol. The Morgan fingerprint density at radius 1 is 1.24 bits per heavy atom. The predicted molar refractivity (Wildman–Crippen MR) is 81.6 cm³/mol. The maximum absolute atomic E-state index is 11.0. The molecule has 0 heterocycles. The Kier molecular flexibility index (Phi) is 4.63. The van der Waals surface area contributed by atoms with Crippen LogP contribution in [-0.4, -0.2) is 4.92 Å². The number of anilines is 1. The van der Waals surface area contributed by atoms with Crippen LogP contribution in [-0.2, 0) is 6.54 Å². The number of benzene rings is 2. The highest BCUT2D eigenvalue weighted by molar-refractivity contribution is 6.33. The van der Waals surface area contributed by atoms with Gasteiger partial charge in [0.25, 0.3) is 5.69 Å². The Labute approximate surface area is 130 Å². The number of halogens is 2. The van der Waals surface area contributed by atoms with Crippen LogP contribution in [0.1, 0.15) is 11.1 Å². The summed E-state index contributed by atoms with van der Waals surface area (Å²) in [6.45, 7) is 0.130. The fourth-order valence-corrected chi connectivity index (χ4v) is 2.23. The number of nitro benzene ring substituents is 1. The smallest absolute Gasteiger partial charge is 0.275 e. The second kappa shape index (κ2) is 6.44. The Balaban J connectivity index is 2.29. The minimum Gasteiger partial charge on any atom is -0.379 e. The maximum Gasteiger partial charge on any atom is 0.275 e. The van der Waals surface area contributed by atoms with Crippen LogP contribution in [0.4, 0.5) is 11.4 Å². The first-order valence-corrected chi connectivity index (χ1v) is 6.64. The van der Waals surface area contributed by atoms with Gasteiger partial charge in [0, 0.05) is 12.6 Å². The normalized spacial score (nSPS) is 9.95. The zero-order valence-electron chi connectivity index (χ0n) is 10.6. The fourth-order valence-electron chi connectivity index (χ4n) is 1.81. The molecule has 0 aliphatic rings. The van der Waals surface area contributed by atoms with Gasteiger partial charge in [-0.3, -0.25) is 10.1 Å². The van der Waals surface area contributed by atoms with Crippen molar-refractivity contribution in [1.82, 2.24) is 0 Å². The van der Waals surface area contributed by atoms with E-state index in [1.165, 1.54) is 12.1 Å². The molecule has 0 aliphatic heterocycles. The molecule has 0 radical (unpaired) electrons. The van der Waals surface area contributed by atoms with Crippen molar-refractivity contribution in [3.05, 3.63) is 67.7 Å². The lowest BCUT2D eigenvalue weighted by Crippen LogP contribution is -2.04. The molecule has 0 saturated heterocycles. The first-order chi connectivity index (χ1) is 10.0. The van der Waals surface area contributed by atoms with Gasteiger partial charge in [0.1, 0.15) is 0 Å². The van der Waals surface area contributed by atoms with Crippen molar-refractivity contribution in [2.45, 2.75) is 6.54 Å². The van der Waals surface area contributed by atoms with Crippen LogP contribution in [0.15, 0.2) is 36.4 Å². The standard InChI is InChI=1S/C14H9Cl2N3O2/c15-11-2-1-3-14(19(20)21)10(11)8-18-13-6-9(7-17)4-5-12(13)16/h1-6,18H,8H2. The van der Waals surface area contributed by atoms with E-state index >= 15 is 0 Å². The highest BCUT2D eigenvalue weighted by atomic mass is 35.5. The quantitative estimate of drug-likeness (QED) is 0.669. The summed E-state index contributed by atoms with van der Waals surface area (Å²) in [5, 5.41) is 23.6. The van der Waals surface area contributed by atoms with E-state index in [1.54, 1.807) is 24.3 Å². The molecule has 0 bridgehead atoms. The number of hydrogen-bond donors (Lipinski definition) is 1. The van der Waals surface area contributed by atoms with Crippen molar-refractivity contribution in [3.8, 4) is 6.07 Å². The highest BCUT2D eigenvalue weighted by Crippen LogP contribution is 2.29. The van der Waals surface area contributed by atoms with Gasteiger partial charge in [-0.2, -0.15) is 5.26 Å². The molecule has 0 aliphatic carbocycles. The molecule has 5 nitrogen and oxygen atoms in total. The minimum atomic E-state index is -0.490. The number of nitrogens with one attached hydrogen (secondary N) is 1. The van der Waals surface area contributed by atoms with E-state index in [2.05, 4.69) is 5.32 Å². The van der Waals surface area contributed by atoms with Gasteiger partial charge in [-0.15, -0.1) is 0 Å². The molecule has 0 fully saturated rings. The molecule has 7 heteroatoms. The summed E-state index contributed by atoms with van der Waals surface area (Å²) in [5.41, 5.74) is 1.26. The van der Waals surface area contributed by atoms with E-state index in [0.29, 0.717) is 26.9 Å². The van der Waals surface area contributed by atoms with Crippen molar-refractivity contribution in [2.24, 2.45) is 0 Å². The molecule has 106 valence electrons. The van der Waals surface area contributed by atoms with E-state index in [1.807, 2.05) is 6.07 Å². The van der Waals surface area contributed by atoms with Crippen LogP contribution >= 0.6 is 23.2 Å². The van der Waals surface area contributed by atoms with E-state index < -0.39 is 4.92 Å². The molecule has 21 heavy (non-hydrogen) atoms. The lowest BCUT2D eigenvalue weighted by atomic mass is 10.1. The molecule has 0 atom stereocenters. The van der Waals surface area contributed by atoms with E-state index in [4.69, 9.17) is 28.5 Å². The summed E-state index contributed by atoms with van der Waals surface area (Å²) in [6.07, 6.45) is 0. The van der Waals surface area contributed by atoms with Crippen LogP contribution < -0.4 is 5.32 Å². The first-order valence-electron chi connectivity index (χ1n) is 5.88. The number of nitro groups is 1. The van der Waals surface area contributed by atoms with Crippen LogP contribution in [0.3, 0.4) is 0 Å². The highest BCUT2D eigenvalue weighted by Gasteiger charge is 2.16. The summed E-state index contributed by atoms with van der Waals surface area (Å²) in [5.74, 6) is 0. The fraction of sp³-hybridized carbons (Fsp3) is 0.0714. The molecule has 0 spiro atoms. The zero-order chi connectivity index (χ0) is 15.4. The van der Waals surface area contributed by atoms with Crippen LogP contribution in [0, 0.1) is 21.4 Å². The van der Waals surface area contributed by atoms with Gasteiger partial charge in [0.15, 0.2) is 0 Å². The molecule has 0 amide bonds. The number of hydrogen-bond acceptors (Lipinski definition) is 4. The summed E-state index contributed by atoms with van der Waals surface area (Å²) in [6, 6.07) is 11.2. The van der Waals surface area contributed by atoms with Crippen molar-refractivity contribution >= 4 is 34.6 Å². The summed E-state index contributed by atoms with van der Waals surface area (Å²) in [4.78, 5) is 10.5. The topological polar surface area (TPSA) is 79.0 Å². The number of nitrogens with zero attached hydrogens (tertiary/aromatic N) is 2. The first kappa shape index (κ1) is 15.1. The van der Waals surface area contributed by atoms with Gasteiger partial charge in [0.05, 0.1) is 37.9 Å². The van der Waals surface area contributed by atoms with E-state index in [0.717, 1.165) is 0 Å². The third-order valence-corrected chi connectivity index (χ3v) is 3.53. The van der Waals surface area contributed by atoms with Crippen LogP contribution in [0.2, 0.25) is 10.0 Å². The average Bonchev–Trinajstić information content (AvgIpc) is 2.47. The van der Waals surface area contributed by atoms with Crippen LogP contribution in [0.5, 0.6) is 0 Å². The molecule has 0 aromatic heterocycles. The molecule has 1 N–H and O–H groups in total. The summed E-state index contributed by atoms with van der Waals surface area (Å²) >= 11 is 12.0. The van der Waals surface area contributed by atoms with Gasteiger partial charge in [0.2, 0.25) is 0 Å². The van der Waals surface area contributed by atoms with Crippen molar-refractivity contribution < 1.29 is 4.92 Å². The molecule has 0 unspecified atom stereocenters. The van der Waals surface area contributed by atoms with E-state index in [-0.39, 0.29) is 12.2 Å². The van der Waals surface area contributed by atoms with Crippen molar-refractivity contribution in [2.75, 3.05) is 5.32 Å². The lowest BCUT2D eigenvalue weighted by molar-refractivity contribution is -0.385. The Bertz CT molecular complexity index is 741. The number of nitriles is 1. The second-order valence-electron chi connectivity index (χ2n) is 4.15. The third kappa shape index (κ3) is 3.43. The molecular formula is C14H9Cl2N3O2. The van der Waals surface area contributed by atoms with Gasteiger partial charge in [-0.05, 0) is 24.3 Å². The predicted octanol–water partition coefficient (Wildman–Crippen LogP) is 4.39. The molecule has 2 rings (SSSR count). The molecule has 2 aromatic carbocycles.